The van der Waals surface area contributed by atoms with Gasteiger partial charge in [-0.1, -0.05) is 24.3 Å². The van der Waals surface area contributed by atoms with Gasteiger partial charge in [-0.3, -0.25) is 4.79 Å². The van der Waals surface area contributed by atoms with Crippen molar-refractivity contribution in [2.45, 2.75) is 0 Å². The minimum absolute atomic E-state index is 0.0645. The van der Waals surface area contributed by atoms with E-state index in [0.29, 0.717) is 34.1 Å². The van der Waals surface area contributed by atoms with Gasteiger partial charge in [0.25, 0.3) is 0 Å². The zero-order valence-corrected chi connectivity index (χ0v) is 16.0. The second-order valence-corrected chi connectivity index (χ2v) is 6.48. The maximum Gasteiger partial charge on any atom is 0.167 e. The number of methoxy groups -OCH3 is 1. The molecule has 0 spiro atoms. The van der Waals surface area contributed by atoms with E-state index in [1.165, 1.54) is 18.2 Å². The number of aldehydes is 1. The number of phenols is 2. The number of hydrogen-bond acceptors (Lipinski definition) is 7. The number of rotatable bonds is 5. The molecule has 0 saturated heterocycles. The highest BCUT2D eigenvalue weighted by atomic mass is 16.5. The summed E-state index contributed by atoms with van der Waals surface area (Å²) in [4.78, 5) is 24.5. The van der Waals surface area contributed by atoms with Crippen LogP contribution in [0.15, 0.2) is 66.7 Å². The van der Waals surface area contributed by atoms with Gasteiger partial charge in [0.1, 0.15) is 23.5 Å². The maximum atomic E-state index is 11.0. The van der Waals surface area contributed by atoms with Crippen LogP contribution in [-0.4, -0.2) is 38.6 Å². The van der Waals surface area contributed by atoms with Crippen LogP contribution in [0, 0.1) is 0 Å². The van der Waals surface area contributed by atoms with E-state index in [2.05, 4.69) is 15.0 Å². The van der Waals surface area contributed by atoms with Gasteiger partial charge in [0.15, 0.2) is 17.5 Å². The smallest absolute Gasteiger partial charge is 0.167 e. The summed E-state index contributed by atoms with van der Waals surface area (Å²) in [5, 5.41) is 19.9. The van der Waals surface area contributed by atoms with Gasteiger partial charge in [0.05, 0.1) is 12.7 Å². The quantitative estimate of drug-likeness (QED) is 0.487. The van der Waals surface area contributed by atoms with Crippen LogP contribution in [0.2, 0.25) is 0 Å². The zero-order chi connectivity index (χ0) is 21.1. The Morgan fingerprint density at radius 2 is 1.33 bits per heavy atom. The van der Waals surface area contributed by atoms with Crippen LogP contribution in [0.25, 0.3) is 34.2 Å². The number of hydrogen-bond donors (Lipinski definition) is 2. The Labute approximate surface area is 172 Å². The van der Waals surface area contributed by atoms with Crippen molar-refractivity contribution < 1.29 is 19.7 Å². The van der Waals surface area contributed by atoms with Gasteiger partial charge in [-0.05, 0) is 36.4 Å². The van der Waals surface area contributed by atoms with Gasteiger partial charge >= 0.3 is 0 Å². The van der Waals surface area contributed by atoms with Gasteiger partial charge in [-0.2, -0.15) is 0 Å². The van der Waals surface area contributed by atoms with Gasteiger partial charge in [0.2, 0.25) is 0 Å². The van der Waals surface area contributed by atoms with Crippen molar-refractivity contribution in [2.75, 3.05) is 7.11 Å². The molecule has 0 unspecified atom stereocenters. The molecule has 0 atom stereocenters. The van der Waals surface area contributed by atoms with E-state index in [1.54, 1.807) is 43.5 Å². The predicted octanol–water partition coefficient (Wildman–Crippen LogP) is 4.10. The fourth-order valence-electron chi connectivity index (χ4n) is 2.91. The molecular formula is C23H17N3O4. The van der Waals surface area contributed by atoms with Crippen molar-refractivity contribution in [3.05, 3.63) is 72.3 Å². The molecule has 0 bridgehead atoms. The van der Waals surface area contributed by atoms with Gasteiger partial charge in [-0.15, -0.1) is 0 Å². The van der Waals surface area contributed by atoms with Crippen LogP contribution < -0.4 is 4.74 Å². The average Bonchev–Trinajstić information content (AvgIpc) is 2.79. The normalized spacial score (nSPS) is 10.6. The molecule has 0 fully saturated rings. The second kappa shape index (κ2) is 8.00. The summed E-state index contributed by atoms with van der Waals surface area (Å²) in [6.45, 7) is 0. The topological polar surface area (TPSA) is 105 Å². The van der Waals surface area contributed by atoms with Crippen molar-refractivity contribution >= 4 is 6.29 Å². The third kappa shape index (κ3) is 3.81. The lowest BCUT2D eigenvalue weighted by Crippen LogP contribution is -2.00. The van der Waals surface area contributed by atoms with Crippen molar-refractivity contribution in [1.82, 2.24) is 15.0 Å². The molecule has 148 valence electrons. The van der Waals surface area contributed by atoms with E-state index in [-0.39, 0.29) is 17.3 Å². The molecule has 0 radical (unpaired) electrons. The first-order valence-corrected chi connectivity index (χ1v) is 9.06. The van der Waals surface area contributed by atoms with Crippen molar-refractivity contribution in [1.29, 1.82) is 0 Å². The predicted molar refractivity (Wildman–Crippen MR) is 111 cm³/mol. The van der Waals surface area contributed by atoms with Crippen LogP contribution in [0.4, 0.5) is 0 Å². The number of aromatic hydroxyl groups is 2. The minimum Gasteiger partial charge on any atom is -0.508 e. The fourth-order valence-corrected chi connectivity index (χ4v) is 2.91. The standard InChI is InChI=1S/C23H17N3O4/c1-30-18-9-6-16(7-10-18)22-24-21(15-4-2-14(13-27)3-5-15)25-23(26-22)19-11-8-17(28)12-20(19)29/h2-13,28-29H,1H3. The molecule has 7 heteroatoms. The first-order chi connectivity index (χ1) is 14.6. The second-order valence-electron chi connectivity index (χ2n) is 6.48. The Balaban J connectivity index is 1.89. The molecule has 0 aliphatic heterocycles. The Bertz CT molecular complexity index is 1210. The SMILES string of the molecule is COc1ccc(-c2nc(-c3ccc(C=O)cc3)nc(-c3ccc(O)cc3O)n2)cc1. The van der Waals surface area contributed by atoms with E-state index in [1.807, 2.05) is 12.1 Å². The van der Waals surface area contributed by atoms with Crippen LogP contribution in [-0.2, 0) is 0 Å². The monoisotopic (exact) mass is 399 g/mol. The molecule has 1 aromatic heterocycles. The zero-order valence-electron chi connectivity index (χ0n) is 16.0. The Morgan fingerprint density at radius 1 is 0.767 bits per heavy atom. The van der Waals surface area contributed by atoms with Crippen LogP contribution in [0.1, 0.15) is 10.4 Å². The number of carbonyl (C=O) groups excluding carboxylic acids is 1. The molecular weight excluding hydrogens is 382 g/mol. The highest BCUT2D eigenvalue weighted by molar-refractivity contribution is 5.76. The van der Waals surface area contributed by atoms with Gasteiger partial charge in [-0.25, -0.2) is 15.0 Å². The van der Waals surface area contributed by atoms with E-state index in [4.69, 9.17) is 4.74 Å². The molecule has 0 aliphatic carbocycles. The lowest BCUT2D eigenvalue weighted by Gasteiger charge is -2.10. The van der Waals surface area contributed by atoms with Crippen molar-refractivity contribution in [3.63, 3.8) is 0 Å². The molecule has 3 aromatic carbocycles. The molecule has 1 heterocycles. The molecule has 30 heavy (non-hydrogen) atoms. The van der Waals surface area contributed by atoms with E-state index in [9.17, 15) is 15.0 Å². The summed E-state index contributed by atoms with van der Waals surface area (Å²) in [6.07, 6.45) is 0.764. The first kappa shape index (κ1) is 19.1. The number of ether oxygens (including phenoxy) is 1. The summed E-state index contributed by atoms with van der Waals surface area (Å²) in [7, 11) is 1.59. The number of aromatic nitrogens is 3. The number of benzene rings is 3. The van der Waals surface area contributed by atoms with Crippen LogP contribution in [0.3, 0.4) is 0 Å². The molecule has 0 saturated carbocycles. The highest BCUT2D eigenvalue weighted by Crippen LogP contribution is 2.32. The van der Waals surface area contributed by atoms with Gasteiger partial charge < -0.3 is 14.9 Å². The third-order valence-corrected chi connectivity index (χ3v) is 4.51. The van der Waals surface area contributed by atoms with E-state index < -0.39 is 0 Å². The number of nitrogens with zero attached hydrogens (tertiary/aromatic N) is 3. The van der Waals surface area contributed by atoms with Crippen LogP contribution >= 0.6 is 0 Å². The number of phenolic OH excluding ortho intramolecular Hbond substituents is 2. The Kier molecular flexibility index (Phi) is 5.09. The first-order valence-electron chi connectivity index (χ1n) is 9.06. The minimum atomic E-state index is -0.149. The largest absolute Gasteiger partial charge is 0.508 e. The van der Waals surface area contributed by atoms with Crippen LogP contribution in [0.5, 0.6) is 17.2 Å². The molecule has 4 aromatic rings. The third-order valence-electron chi connectivity index (χ3n) is 4.51. The molecule has 2 N–H and O–H groups in total. The van der Waals surface area contributed by atoms with Crippen molar-refractivity contribution in [2.24, 2.45) is 0 Å². The van der Waals surface area contributed by atoms with Crippen molar-refractivity contribution in [3.8, 4) is 51.4 Å². The lowest BCUT2D eigenvalue weighted by molar-refractivity contribution is 0.112. The average molecular weight is 399 g/mol. The van der Waals surface area contributed by atoms with Gasteiger partial charge in [0, 0.05) is 22.8 Å². The molecule has 0 amide bonds. The highest BCUT2D eigenvalue weighted by Gasteiger charge is 2.15. The maximum absolute atomic E-state index is 11.0. The summed E-state index contributed by atoms with van der Waals surface area (Å²) >= 11 is 0. The molecule has 7 nitrogen and oxygen atoms in total. The Hall–Kier alpha value is -4.26. The van der Waals surface area contributed by atoms with E-state index in [0.717, 1.165) is 11.8 Å². The number of carbonyl (C=O) groups is 1. The molecule has 4 rings (SSSR count). The fraction of sp³-hybridized carbons (Fsp3) is 0.0435. The summed E-state index contributed by atoms with van der Waals surface area (Å²) in [5.74, 6) is 1.53. The van der Waals surface area contributed by atoms with E-state index >= 15 is 0 Å². The summed E-state index contributed by atoms with van der Waals surface area (Å²) < 4.78 is 5.20. The summed E-state index contributed by atoms with van der Waals surface area (Å²) in [5.41, 5.74) is 2.33. The Morgan fingerprint density at radius 3 is 1.87 bits per heavy atom. The lowest BCUT2D eigenvalue weighted by atomic mass is 10.1. The molecule has 0 aliphatic rings. The summed E-state index contributed by atoms with van der Waals surface area (Å²) in [6, 6.07) is 18.3.